The van der Waals surface area contributed by atoms with E-state index in [2.05, 4.69) is 17.1 Å². The van der Waals surface area contributed by atoms with E-state index in [0.717, 1.165) is 38.4 Å². The van der Waals surface area contributed by atoms with Crippen molar-refractivity contribution in [1.82, 2.24) is 15.1 Å². The number of carbonyl (C=O) groups is 2. The van der Waals surface area contributed by atoms with Crippen LogP contribution in [0.2, 0.25) is 0 Å². The van der Waals surface area contributed by atoms with Crippen molar-refractivity contribution in [3.05, 3.63) is 24.3 Å². The van der Waals surface area contributed by atoms with Gasteiger partial charge in [0.2, 0.25) is 5.91 Å². The van der Waals surface area contributed by atoms with Crippen LogP contribution in [0.5, 0.6) is 5.75 Å². The summed E-state index contributed by atoms with van der Waals surface area (Å²) in [6, 6.07) is 7.21. The average molecular weight is 346 g/mol. The molecule has 7 nitrogen and oxygen atoms in total. The molecule has 7 heteroatoms. The minimum Gasteiger partial charge on any atom is -0.497 e. The summed E-state index contributed by atoms with van der Waals surface area (Å²) in [6.45, 7) is 6.93. The molecule has 0 bridgehead atoms. The molecule has 2 fully saturated rings. The molecule has 0 spiro atoms. The summed E-state index contributed by atoms with van der Waals surface area (Å²) in [5, 5.41) is 3.01. The zero-order valence-electron chi connectivity index (χ0n) is 14.9. The molecule has 1 aromatic carbocycles. The van der Waals surface area contributed by atoms with Crippen LogP contribution >= 0.6 is 0 Å². The van der Waals surface area contributed by atoms with Crippen LogP contribution in [0.1, 0.15) is 13.3 Å². The highest BCUT2D eigenvalue weighted by Gasteiger charge is 2.33. The van der Waals surface area contributed by atoms with Gasteiger partial charge in [-0.3, -0.25) is 4.79 Å². The number of anilines is 1. The number of ether oxygens (including phenoxy) is 1. The molecule has 1 unspecified atom stereocenters. The lowest BCUT2D eigenvalue weighted by molar-refractivity contribution is -0.117. The van der Waals surface area contributed by atoms with E-state index < -0.39 is 0 Å². The summed E-state index contributed by atoms with van der Waals surface area (Å²) in [5.74, 6) is 0.737. The van der Waals surface area contributed by atoms with E-state index in [1.165, 1.54) is 0 Å². The number of benzene rings is 1. The number of urea groups is 1. The molecule has 2 aliphatic heterocycles. The Kier molecular flexibility index (Phi) is 5.43. The molecule has 0 saturated carbocycles. The van der Waals surface area contributed by atoms with Crippen molar-refractivity contribution in [2.75, 3.05) is 51.3 Å². The number of hydrogen-bond acceptors (Lipinski definition) is 4. The fourth-order valence-electron chi connectivity index (χ4n) is 3.37. The van der Waals surface area contributed by atoms with E-state index in [1.807, 2.05) is 29.2 Å². The largest absolute Gasteiger partial charge is 0.497 e. The number of rotatable bonds is 4. The number of likely N-dealkylation sites (N-methyl/N-ethyl adjacent to an activating group) is 1. The molecule has 2 heterocycles. The summed E-state index contributed by atoms with van der Waals surface area (Å²) in [7, 11) is 1.60. The molecule has 136 valence electrons. The third-order valence-electron chi connectivity index (χ3n) is 4.92. The molecule has 2 aliphatic rings. The number of nitrogens with zero attached hydrogens (tertiary/aromatic N) is 3. The molecule has 2 saturated heterocycles. The second-order valence-electron chi connectivity index (χ2n) is 6.48. The fourth-order valence-corrected chi connectivity index (χ4v) is 3.37. The Balaban J connectivity index is 1.56. The van der Waals surface area contributed by atoms with Gasteiger partial charge < -0.3 is 24.8 Å². The fraction of sp³-hybridized carbons (Fsp3) is 0.556. The molecule has 1 aromatic rings. The quantitative estimate of drug-likeness (QED) is 0.888. The highest BCUT2D eigenvalue weighted by molar-refractivity contribution is 5.97. The van der Waals surface area contributed by atoms with Gasteiger partial charge >= 0.3 is 6.03 Å². The maximum Gasteiger partial charge on any atom is 0.317 e. The second kappa shape index (κ2) is 7.74. The van der Waals surface area contributed by atoms with Crippen molar-refractivity contribution >= 4 is 17.6 Å². The average Bonchev–Trinajstić information content (AvgIpc) is 3.02. The number of piperazine rings is 1. The normalized spacial score (nSPS) is 21.5. The van der Waals surface area contributed by atoms with Gasteiger partial charge in [-0.1, -0.05) is 13.0 Å². The highest BCUT2D eigenvalue weighted by Crippen LogP contribution is 2.25. The Hall–Kier alpha value is -2.28. The maximum absolute atomic E-state index is 12.4. The number of nitrogens with one attached hydrogen (secondary N) is 1. The van der Waals surface area contributed by atoms with Gasteiger partial charge in [0.1, 0.15) is 5.75 Å². The van der Waals surface area contributed by atoms with Crippen molar-refractivity contribution in [2.45, 2.75) is 19.4 Å². The number of hydrogen-bond donors (Lipinski definition) is 1. The van der Waals surface area contributed by atoms with Gasteiger partial charge in [0.25, 0.3) is 0 Å². The third-order valence-corrected chi connectivity index (χ3v) is 4.92. The monoisotopic (exact) mass is 346 g/mol. The summed E-state index contributed by atoms with van der Waals surface area (Å²) in [5.41, 5.74) is 0.803. The summed E-state index contributed by atoms with van der Waals surface area (Å²) in [6.07, 6.45) is 0.331. The third kappa shape index (κ3) is 4.04. The first-order valence-electron chi connectivity index (χ1n) is 8.83. The predicted molar refractivity (Wildman–Crippen MR) is 96.0 cm³/mol. The van der Waals surface area contributed by atoms with Crippen LogP contribution in [0.4, 0.5) is 10.5 Å². The molecule has 0 aromatic heterocycles. The van der Waals surface area contributed by atoms with Crippen LogP contribution in [-0.4, -0.2) is 74.2 Å². The Bertz CT molecular complexity index is 629. The molecular weight excluding hydrogens is 320 g/mol. The first-order valence-corrected chi connectivity index (χ1v) is 8.83. The molecule has 25 heavy (non-hydrogen) atoms. The number of methoxy groups -OCH3 is 1. The molecule has 1 N–H and O–H groups in total. The zero-order valence-corrected chi connectivity index (χ0v) is 14.9. The van der Waals surface area contributed by atoms with E-state index in [4.69, 9.17) is 4.74 Å². The number of carbonyl (C=O) groups excluding carboxylic acids is 2. The Morgan fingerprint density at radius 3 is 2.72 bits per heavy atom. The summed E-state index contributed by atoms with van der Waals surface area (Å²) >= 11 is 0. The van der Waals surface area contributed by atoms with Crippen molar-refractivity contribution in [1.29, 1.82) is 0 Å². The van der Waals surface area contributed by atoms with Gasteiger partial charge in [-0.2, -0.15) is 0 Å². The smallest absolute Gasteiger partial charge is 0.317 e. The number of amides is 3. The lowest BCUT2D eigenvalue weighted by Gasteiger charge is -2.34. The van der Waals surface area contributed by atoms with Crippen molar-refractivity contribution in [3.63, 3.8) is 0 Å². The van der Waals surface area contributed by atoms with Gasteiger partial charge in [0, 0.05) is 50.9 Å². The highest BCUT2D eigenvalue weighted by atomic mass is 16.5. The predicted octanol–water partition coefficient (Wildman–Crippen LogP) is 1.15. The lowest BCUT2D eigenvalue weighted by Crippen LogP contribution is -2.53. The second-order valence-corrected chi connectivity index (χ2v) is 6.48. The van der Waals surface area contributed by atoms with Crippen LogP contribution in [0, 0.1) is 0 Å². The molecule has 1 atom stereocenters. The van der Waals surface area contributed by atoms with Crippen LogP contribution in [0.3, 0.4) is 0 Å². The summed E-state index contributed by atoms with van der Waals surface area (Å²) < 4.78 is 5.22. The van der Waals surface area contributed by atoms with Crippen LogP contribution in [-0.2, 0) is 4.79 Å². The van der Waals surface area contributed by atoms with Gasteiger partial charge in [-0.05, 0) is 18.7 Å². The van der Waals surface area contributed by atoms with E-state index in [0.29, 0.717) is 18.7 Å². The van der Waals surface area contributed by atoms with E-state index in [1.54, 1.807) is 12.0 Å². The first-order chi connectivity index (χ1) is 12.1. The van der Waals surface area contributed by atoms with Crippen LogP contribution in [0.15, 0.2) is 24.3 Å². The van der Waals surface area contributed by atoms with Crippen molar-refractivity contribution in [3.8, 4) is 5.75 Å². The van der Waals surface area contributed by atoms with Gasteiger partial charge in [0.15, 0.2) is 0 Å². The standard InChI is InChI=1S/C18H26N4O3/c1-3-20-7-9-21(10-8-20)18(24)19-14-11-17(23)22(13-14)15-5-4-6-16(12-15)25-2/h4-6,12,14H,3,7-11,13H2,1-2H3,(H,19,24). The van der Waals surface area contributed by atoms with Crippen molar-refractivity contribution < 1.29 is 14.3 Å². The SMILES string of the molecule is CCN1CCN(C(=O)NC2CC(=O)N(c3cccc(OC)c3)C2)CC1. The summed E-state index contributed by atoms with van der Waals surface area (Å²) in [4.78, 5) is 30.7. The molecular formula is C18H26N4O3. The zero-order chi connectivity index (χ0) is 17.8. The minimum atomic E-state index is -0.157. The molecule has 0 aliphatic carbocycles. The Morgan fingerprint density at radius 2 is 2.04 bits per heavy atom. The van der Waals surface area contributed by atoms with Gasteiger partial charge in [0.05, 0.1) is 13.2 Å². The minimum absolute atomic E-state index is 0.0226. The maximum atomic E-state index is 12.4. The molecule has 3 amide bonds. The van der Waals surface area contributed by atoms with Crippen molar-refractivity contribution in [2.24, 2.45) is 0 Å². The van der Waals surface area contributed by atoms with Gasteiger partial charge in [-0.15, -0.1) is 0 Å². The Morgan fingerprint density at radius 1 is 1.28 bits per heavy atom. The van der Waals surface area contributed by atoms with E-state index >= 15 is 0 Å². The topological polar surface area (TPSA) is 65.1 Å². The lowest BCUT2D eigenvalue weighted by atomic mass is 10.2. The molecule has 0 radical (unpaired) electrons. The van der Waals surface area contributed by atoms with E-state index in [9.17, 15) is 9.59 Å². The first kappa shape index (κ1) is 17.5. The van der Waals surface area contributed by atoms with E-state index in [-0.39, 0.29) is 18.0 Å². The Labute approximate surface area is 148 Å². The van der Waals surface area contributed by atoms with Gasteiger partial charge in [-0.25, -0.2) is 4.79 Å². The van der Waals surface area contributed by atoms with Crippen LogP contribution < -0.4 is 15.0 Å². The molecule has 3 rings (SSSR count). The van der Waals surface area contributed by atoms with Crippen LogP contribution in [0.25, 0.3) is 0 Å².